The predicted octanol–water partition coefficient (Wildman–Crippen LogP) is 5.18. The molecule has 1 aliphatic rings. The van der Waals surface area contributed by atoms with Gasteiger partial charge in [-0.1, -0.05) is 24.3 Å². The van der Waals surface area contributed by atoms with Crippen LogP contribution in [-0.4, -0.2) is 55.1 Å². The molecule has 1 heterocycles. The highest BCUT2D eigenvalue weighted by Crippen LogP contribution is 2.29. The number of nitrogens with one attached hydrogen (secondary N) is 1. The van der Waals surface area contributed by atoms with Crippen LogP contribution in [0.4, 0.5) is 10.5 Å². The van der Waals surface area contributed by atoms with Gasteiger partial charge in [0.05, 0.1) is 20.8 Å². The summed E-state index contributed by atoms with van der Waals surface area (Å²) in [5.74, 6) is 2.68. The van der Waals surface area contributed by atoms with Crippen LogP contribution in [-0.2, 0) is 17.8 Å². The number of ether oxygens (including phenoxy) is 2. The average molecular weight is 506 g/mol. The summed E-state index contributed by atoms with van der Waals surface area (Å²) in [6.07, 6.45) is 2.42. The maximum absolute atomic E-state index is 13.6. The lowest BCUT2D eigenvalue weighted by molar-refractivity contribution is -0.132. The fraction of sp³-hybridized carbons (Fsp3) is 0.379. The van der Waals surface area contributed by atoms with Crippen molar-refractivity contribution in [1.82, 2.24) is 9.80 Å². The van der Waals surface area contributed by atoms with E-state index >= 15 is 0 Å². The van der Waals surface area contributed by atoms with Crippen LogP contribution < -0.4 is 14.8 Å². The Hall–Kier alpha value is -3.94. The molecule has 1 aliphatic carbocycles. The van der Waals surface area contributed by atoms with E-state index in [1.807, 2.05) is 68.4 Å². The monoisotopic (exact) mass is 505 g/mol. The molecule has 0 bridgehead atoms. The molecule has 8 heteroatoms. The molecule has 8 nitrogen and oxygen atoms in total. The molecule has 37 heavy (non-hydrogen) atoms. The first-order valence-corrected chi connectivity index (χ1v) is 12.5. The molecule has 0 radical (unpaired) electrons. The highest BCUT2D eigenvalue weighted by molar-refractivity contribution is 5.93. The number of amides is 3. The molecule has 0 unspecified atom stereocenters. The number of carbonyl (C=O) groups excluding carboxylic acids is 2. The van der Waals surface area contributed by atoms with E-state index in [2.05, 4.69) is 5.32 Å². The summed E-state index contributed by atoms with van der Waals surface area (Å²) in [5, 5.41) is 2.98. The first kappa shape index (κ1) is 26.1. The second-order valence-electron chi connectivity index (χ2n) is 9.37. The quantitative estimate of drug-likeness (QED) is 0.388. The van der Waals surface area contributed by atoms with E-state index in [0.717, 1.165) is 35.4 Å². The smallest absolute Gasteiger partial charge is 0.322 e. The molecule has 4 rings (SSSR count). The number of carbonyl (C=O) groups is 2. The number of nitrogens with zero attached hydrogens (tertiary/aromatic N) is 2. The largest absolute Gasteiger partial charge is 0.493 e. The number of furan rings is 1. The van der Waals surface area contributed by atoms with Crippen LogP contribution in [0.1, 0.15) is 35.5 Å². The second-order valence-corrected chi connectivity index (χ2v) is 9.37. The lowest BCUT2D eigenvalue weighted by Crippen LogP contribution is -2.45. The van der Waals surface area contributed by atoms with E-state index in [9.17, 15) is 9.59 Å². The molecule has 3 aromatic rings. The van der Waals surface area contributed by atoms with Crippen molar-refractivity contribution in [3.05, 3.63) is 77.2 Å². The third-order valence-electron chi connectivity index (χ3n) is 6.55. The van der Waals surface area contributed by atoms with Crippen molar-refractivity contribution in [3.63, 3.8) is 0 Å². The van der Waals surface area contributed by atoms with E-state index < -0.39 is 0 Å². The van der Waals surface area contributed by atoms with Crippen LogP contribution in [0.5, 0.6) is 11.5 Å². The predicted molar refractivity (Wildman–Crippen MR) is 142 cm³/mol. The molecule has 1 fully saturated rings. The number of hydrogen-bond donors (Lipinski definition) is 1. The van der Waals surface area contributed by atoms with E-state index in [1.54, 1.807) is 24.0 Å². The van der Waals surface area contributed by atoms with Crippen LogP contribution in [0.2, 0.25) is 0 Å². The van der Waals surface area contributed by atoms with Crippen LogP contribution in [0, 0.1) is 13.8 Å². The van der Waals surface area contributed by atoms with E-state index in [-0.39, 0.29) is 24.5 Å². The molecule has 1 aromatic heterocycles. The molecule has 196 valence electrons. The zero-order valence-corrected chi connectivity index (χ0v) is 22.0. The maximum atomic E-state index is 13.6. The zero-order chi connectivity index (χ0) is 26.4. The second kappa shape index (κ2) is 11.9. The van der Waals surface area contributed by atoms with Gasteiger partial charge in [0.2, 0.25) is 5.91 Å². The highest BCUT2D eigenvalue weighted by atomic mass is 16.5. The Bertz CT molecular complexity index is 1230. The van der Waals surface area contributed by atoms with Crippen molar-refractivity contribution in [2.75, 3.05) is 32.6 Å². The number of anilines is 1. The Morgan fingerprint density at radius 2 is 1.76 bits per heavy atom. The standard InChI is InChI=1S/C29H35N3O5/c1-20-7-5-6-8-25(20)30-29(34)32(23-11-12-23)19-28(33)31(18-24-13-9-21(2)37-24)16-15-22-10-14-26(35-3)27(17-22)36-4/h5-10,13-14,17,23H,11-12,15-16,18-19H2,1-4H3,(H,30,34). The van der Waals surface area contributed by atoms with Crippen LogP contribution >= 0.6 is 0 Å². The Morgan fingerprint density at radius 3 is 2.41 bits per heavy atom. The Balaban J connectivity index is 1.48. The van der Waals surface area contributed by atoms with Gasteiger partial charge in [-0.25, -0.2) is 4.79 Å². The molecule has 0 atom stereocenters. The normalized spacial score (nSPS) is 12.6. The number of urea groups is 1. The Labute approximate surface area is 218 Å². The van der Waals surface area contributed by atoms with E-state index in [4.69, 9.17) is 13.9 Å². The summed E-state index contributed by atoms with van der Waals surface area (Å²) in [5.41, 5.74) is 2.74. The first-order valence-electron chi connectivity index (χ1n) is 12.5. The highest BCUT2D eigenvalue weighted by Gasteiger charge is 2.35. The Kier molecular flexibility index (Phi) is 8.38. The summed E-state index contributed by atoms with van der Waals surface area (Å²) in [4.78, 5) is 30.2. The van der Waals surface area contributed by atoms with Crippen LogP contribution in [0.25, 0.3) is 0 Å². The summed E-state index contributed by atoms with van der Waals surface area (Å²) in [7, 11) is 3.20. The van der Waals surface area contributed by atoms with Crippen molar-refractivity contribution in [2.45, 2.75) is 45.7 Å². The van der Waals surface area contributed by atoms with Crippen molar-refractivity contribution >= 4 is 17.6 Å². The molecule has 0 saturated heterocycles. The van der Waals surface area contributed by atoms with Gasteiger partial charge in [0.15, 0.2) is 11.5 Å². The molecular weight excluding hydrogens is 470 g/mol. The summed E-state index contributed by atoms with van der Waals surface area (Å²) >= 11 is 0. The minimum atomic E-state index is -0.251. The third kappa shape index (κ3) is 6.84. The summed E-state index contributed by atoms with van der Waals surface area (Å²) in [6.45, 7) is 4.63. The fourth-order valence-electron chi connectivity index (χ4n) is 4.25. The number of aryl methyl sites for hydroxylation is 2. The van der Waals surface area contributed by atoms with Crippen LogP contribution in [0.15, 0.2) is 59.0 Å². The molecule has 1 N–H and O–H groups in total. The first-order chi connectivity index (χ1) is 17.9. The van der Waals surface area contributed by atoms with Gasteiger partial charge < -0.3 is 29.0 Å². The van der Waals surface area contributed by atoms with E-state index in [0.29, 0.717) is 36.8 Å². The molecule has 2 aromatic carbocycles. The Morgan fingerprint density at radius 1 is 1.00 bits per heavy atom. The third-order valence-corrected chi connectivity index (χ3v) is 6.55. The number of hydrogen-bond acceptors (Lipinski definition) is 5. The van der Waals surface area contributed by atoms with Crippen molar-refractivity contribution in [1.29, 1.82) is 0 Å². The van der Waals surface area contributed by atoms with Crippen molar-refractivity contribution < 1.29 is 23.5 Å². The van der Waals surface area contributed by atoms with Gasteiger partial charge >= 0.3 is 6.03 Å². The van der Waals surface area contributed by atoms with Gasteiger partial charge in [0.1, 0.15) is 18.1 Å². The topological polar surface area (TPSA) is 84.2 Å². The average Bonchev–Trinajstić information content (AvgIpc) is 3.66. The minimum Gasteiger partial charge on any atom is -0.493 e. The summed E-state index contributed by atoms with van der Waals surface area (Å²) < 4.78 is 16.5. The van der Waals surface area contributed by atoms with Crippen molar-refractivity contribution in [2.24, 2.45) is 0 Å². The fourth-order valence-corrected chi connectivity index (χ4v) is 4.25. The van der Waals surface area contributed by atoms with E-state index in [1.165, 1.54) is 0 Å². The lowest BCUT2D eigenvalue weighted by atomic mass is 10.1. The summed E-state index contributed by atoms with van der Waals surface area (Å²) in [6, 6.07) is 17.0. The minimum absolute atomic E-state index is 0.00794. The van der Waals surface area contributed by atoms with Gasteiger partial charge in [-0.3, -0.25) is 4.79 Å². The number of benzene rings is 2. The van der Waals surface area contributed by atoms with Crippen LogP contribution in [0.3, 0.4) is 0 Å². The zero-order valence-electron chi connectivity index (χ0n) is 22.0. The van der Waals surface area contributed by atoms with Gasteiger partial charge in [-0.15, -0.1) is 0 Å². The molecule has 0 aliphatic heterocycles. The number of methoxy groups -OCH3 is 2. The van der Waals surface area contributed by atoms with Gasteiger partial charge in [-0.2, -0.15) is 0 Å². The molecular formula is C29H35N3O5. The number of rotatable bonds is 11. The van der Waals surface area contributed by atoms with Gasteiger partial charge in [-0.05, 0) is 74.6 Å². The molecule has 1 saturated carbocycles. The number of para-hydroxylation sites is 1. The van der Waals surface area contributed by atoms with Gasteiger partial charge in [0.25, 0.3) is 0 Å². The SMILES string of the molecule is COc1ccc(CCN(Cc2ccc(C)o2)C(=O)CN(C(=O)Nc2ccccc2C)C2CC2)cc1OC. The molecule has 3 amide bonds. The maximum Gasteiger partial charge on any atom is 0.322 e. The lowest BCUT2D eigenvalue weighted by Gasteiger charge is -2.28. The molecule has 0 spiro atoms. The van der Waals surface area contributed by atoms with Crippen molar-refractivity contribution in [3.8, 4) is 11.5 Å². The van der Waals surface area contributed by atoms with Gasteiger partial charge in [0, 0.05) is 18.3 Å².